The molecule has 0 aromatic rings. The lowest BCUT2D eigenvalue weighted by atomic mass is 10.1. The van der Waals surface area contributed by atoms with Crippen LogP contribution in [0.15, 0.2) is 0 Å². The van der Waals surface area contributed by atoms with Gasteiger partial charge in [0.05, 0.1) is 29.1 Å². The van der Waals surface area contributed by atoms with E-state index < -0.39 is 31.8 Å². The van der Waals surface area contributed by atoms with Crippen molar-refractivity contribution < 1.29 is 21.9 Å². The van der Waals surface area contributed by atoms with Crippen LogP contribution in [-0.4, -0.2) is 63.1 Å². The van der Waals surface area contributed by atoms with E-state index in [1.807, 2.05) is 0 Å². The van der Waals surface area contributed by atoms with Crippen molar-refractivity contribution in [3.8, 4) is 0 Å². The van der Waals surface area contributed by atoms with Gasteiger partial charge in [-0.15, -0.1) is 0 Å². The summed E-state index contributed by atoms with van der Waals surface area (Å²) in [6, 6.07) is -0.749. The standard InChI is InChI=1S/C8H15NO5S2/c10-8-5-16(13,14)4-7(8)9-6-1-2-15(11,12)3-6/h6-10H,1-5H2/t6-,7-,8-/m0/s1. The van der Waals surface area contributed by atoms with Crippen molar-refractivity contribution in [2.75, 3.05) is 23.0 Å². The van der Waals surface area contributed by atoms with Gasteiger partial charge in [-0.3, -0.25) is 0 Å². The highest BCUT2D eigenvalue weighted by atomic mass is 32.2. The molecule has 2 heterocycles. The van der Waals surface area contributed by atoms with Gasteiger partial charge in [0.15, 0.2) is 19.7 Å². The Morgan fingerprint density at radius 3 is 2.12 bits per heavy atom. The van der Waals surface area contributed by atoms with Gasteiger partial charge in [-0.25, -0.2) is 16.8 Å². The van der Waals surface area contributed by atoms with E-state index in [0.717, 1.165) is 0 Å². The molecule has 2 saturated heterocycles. The molecule has 2 rings (SSSR count). The third-order valence-electron chi connectivity index (χ3n) is 3.00. The third kappa shape index (κ3) is 2.73. The summed E-state index contributed by atoms with van der Waals surface area (Å²) in [7, 11) is -6.15. The van der Waals surface area contributed by atoms with E-state index in [1.165, 1.54) is 0 Å². The Bertz CT molecular complexity index is 469. The number of hydrogen-bond donors (Lipinski definition) is 2. The fraction of sp³-hybridized carbons (Fsp3) is 1.00. The molecular formula is C8H15NO5S2. The molecule has 6 nitrogen and oxygen atoms in total. The smallest absolute Gasteiger partial charge is 0.154 e. The largest absolute Gasteiger partial charge is 0.390 e. The molecule has 94 valence electrons. The van der Waals surface area contributed by atoms with Crippen molar-refractivity contribution in [2.24, 2.45) is 0 Å². The molecule has 0 spiro atoms. The maximum absolute atomic E-state index is 11.2. The van der Waals surface area contributed by atoms with Crippen LogP contribution in [0.2, 0.25) is 0 Å². The van der Waals surface area contributed by atoms with E-state index in [9.17, 15) is 21.9 Å². The van der Waals surface area contributed by atoms with Gasteiger partial charge in [-0.2, -0.15) is 0 Å². The summed E-state index contributed by atoms with van der Waals surface area (Å²) in [5.41, 5.74) is 0. The number of hydrogen-bond acceptors (Lipinski definition) is 6. The third-order valence-corrected chi connectivity index (χ3v) is 6.49. The molecule has 0 radical (unpaired) electrons. The van der Waals surface area contributed by atoms with E-state index in [2.05, 4.69) is 5.32 Å². The van der Waals surface area contributed by atoms with Crippen LogP contribution in [0.1, 0.15) is 6.42 Å². The molecule has 0 aromatic heterocycles. The van der Waals surface area contributed by atoms with Gasteiger partial charge in [-0.1, -0.05) is 0 Å². The topological polar surface area (TPSA) is 101 Å². The molecule has 0 bridgehead atoms. The van der Waals surface area contributed by atoms with E-state index in [1.54, 1.807) is 0 Å². The molecule has 16 heavy (non-hydrogen) atoms. The fourth-order valence-electron chi connectivity index (χ4n) is 2.22. The number of aliphatic hydroxyl groups excluding tert-OH is 1. The molecule has 2 fully saturated rings. The van der Waals surface area contributed by atoms with Crippen molar-refractivity contribution in [2.45, 2.75) is 24.6 Å². The van der Waals surface area contributed by atoms with Gasteiger partial charge in [0.25, 0.3) is 0 Å². The predicted molar refractivity (Wildman–Crippen MR) is 58.6 cm³/mol. The van der Waals surface area contributed by atoms with Crippen molar-refractivity contribution in [3.63, 3.8) is 0 Å². The van der Waals surface area contributed by atoms with Crippen molar-refractivity contribution in [1.29, 1.82) is 0 Å². The lowest BCUT2D eigenvalue weighted by Crippen LogP contribution is -2.45. The van der Waals surface area contributed by atoms with E-state index in [4.69, 9.17) is 0 Å². The SMILES string of the molecule is O=S1(=O)CC[C@H](N[C@H]2CS(=O)(=O)C[C@@H]2O)C1. The summed E-state index contributed by atoms with van der Waals surface area (Å²) < 4.78 is 44.9. The lowest BCUT2D eigenvalue weighted by molar-refractivity contribution is 0.160. The van der Waals surface area contributed by atoms with Gasteiger partial charge < -0.3 is 10.4 Å². The molecule has 2 N–H and O–H groups in total. The summed E-state index contributed by atoms with van der Waals surface area (Å²) >= 11 is 0. The molecule has 0 aliphatic carbocycles. The number of sulfone groups is 2. The molecule has 8 heteroatoms. The van der Waals surface area contributed by atoms with Crippen LogP contribution in [0.4, 0.5) is 0 Å². The van der Waals surface area contributed by atoms with Crippen LogP contribution >= 0.6 is 0 Å². The highest BCUT2D eigenvalue weighted by Crippen LogP contribution is 2.17. The first-order valence-electron chi connectivity index (χ1n) is 5.12. The second-order valence-corrected chi connectivity index (χ2v) is 8.90. The van der Waals surface area contributed by atoms with Crippen LogP contribution in [0.5, 0.6) is 0 Å². The maximum atomic E-state index is 11.2. The Balaban J connectivity index is 1.97. The van der Waals surface area contributed by atoms with Crippen LogP contribution in [0.3, 0.4) is 0 Å². The van der Waals surface area contributed by atoms with E-state index >= 15 is 0 Å². The zero-order valence-corrected chi connectivity index (χ0v) is 10.3. The summed E-state index contributed by atoms with van der Waals surface area (Å²) in [6.07, 6.45) is -0.431. The number of nitrogens with one attached hydrogen (secondary N) is 1. The summed E-state index contributed by atoms with van der Waals surface area (Å²) in [5.74, 6) is -0.161. The maximum Gasteiger partial charge on any atom is 0.154 e. The van der Waals surface area contributed by atoms with E-state index in [-0.39, 0.29) is 29.1 Å². The molecule has 3 atom stereocenters. The van der Waals surface area contributed by atoms with Gasteiger partial charge in [0, 0.05) is 12.1 Å². The number of rotatable bonds is 2. The van der Waals surface area contributed by atoms with Crippen molar-refractivity contribution in [1.82, 2.24) is 5.32 Å². The molecule has 0 unspecified atom stereocenters. The lowest BCUT2D eigenvalue weighted by Gasteiger charge is -2.19. The highest BCUT2D eigenvalue weighted by molar-refractivity contribution is 7.92. The van der Waals surface area contributed by atoms with Crippen molar-refractivity contribution >= 4 is 19.7 Å². The number of aliphatic hydroxyl groups is 1. The van der Waals surface area contributed by atoms with Gasteiger partial charge in [-0.05, 0) is 6.42 Å². The second-order valence-electron chi connectivity index (χ2n) is 4.52. The monoisotopic (exact) mass is 269 g/mol. The Labute approximate surface area is 94.9 Å². The molecule has 2 aliphatic heterocycles. The molecule has 0 saturated carbocycles. The highest BCUT2D eigenvalue weighted by Gasteiger charge is 2.39. The fourth-order valence-corrected chi connectivity index (χ4v) is 5.66. The van der Waals surface area contributed by atoms with Crippen LogP contribution in [0, 0.1) is 0 Å². The van der Waals surface area contributed by atoms with E-state index in [0.29, 0.717) is 6.42 Å². The Morgan fingerprint density at radius 1 is 1.00 bits per heavy atom. The Morgan fingerprint density at radius 2 is 1.69 bits per heavy atom. The normalized spacial score (nSPS) is 41.2. The minimum Gasteiger partial charge on any atom is -0.390 e. The quantitative estimate of drug-likeness (QED) is 0.597. The van der Waals surface area contributed by atoms with Crippen LogP contribution < -0.4 is 5.32 Å². The molecular weight excluding hydrogens is 254 g/mol. The first-order valence-corrected chi connectivity index (χ1v) is 8.77. The molecule has 2 aliphatic rings. The summed E-state index contributed by atoms with van der Waals surface area (Å²) in [5, 5.41) is 12.5. The van der Waals surface area contributed by atoms with Crippen molar-refractivity contribution in [3.05, 3.63) is 0 Å². The Kier molecular flexibility index (Phi) is 3.02. The first kappa shape index (κ1) is 12.3. The van der Waals surface area contributed by atoms with Crippen LogP contribution in [0.25, 0.3) is 0 Å². The van der Waals surface area contributed by atoms with Gasteiger partial charge in [0.2, 0.25) is 0 Å². The van der Waals surface area contributed by atoms with Gasteiger partial charge in [0.1, 0.15) is 0 Å². The minimum atomic E-state index is -3.18. The first-order chi connectivity index (χ1) is 7.27. The average Bonchev–Trinajstić information content (AvgIpc) is 2.53. The summed E-state index contributed by atoms with van der Waals surface area (Å²) in [6.45, 7) is 0. The Hall–Kier alpha value is -0.180. The average molecular weight is 269 g/mol. The second kappa shape index (κ2) is 3.94. The predicted octanol–water partition coefficient (Wildman–Crippen LogP) is -2.08. The molecule has 0 aromatic carbocycles. The van der Waals surface area contributed by atoms with Gasteiger partial charge >= 0.3 is 0 Å². The summed E-state index contributed by atoms with van der Waals surface area (Å²) in [4.78, 5) is 0. The zero-order chi connectivity index (χ0) is 12.0. The molecule has 0 amide bonds. The minimum absolute atomic E-state index is 0.0380. The zero-order valence-electron chi connectivity index (χ0n) is 8.66. The van der Waals surface area contributed by atoms with Crippen LogP contribution in [-0.2, 0) is 19.7 Å².